The van der Waals surface area contributed by atoms with E-state index >= 15 is 0 Å². The second-order valence-electron chi connectivity index (χ2n) is 9.84. The standard InChI is InChI=1S/2C18H16Br2O2/c2*1-12(18(20)17(22)10-11-21)13-2-4-14(5-3-13)15-6-8-16(19)9-7-15/h2*2-9,21H,10-11H2,1H3/b2*18-12+. The van der Waals surface area contributed by atoms with Crippen molar-refractivity contribution in [3.05, 3.63) is 126 Å². The molecular weight excluding hydrogens is 816 g/mol. The minimum atomic E-state index is -0.135. The first-order chi connectivity index (χ1) is 21.0. The van der Waals surface area contributed by atoms with Gasteiger partial charge in [0.15, 0.2) is 11.6 Å². The molecule has 0 aliphatic heterocycles. The maximum absolute atomic E-state index is 11.8. The van der Waals surface area contributed by atoms with E-state index in [9.17, 15) is 9.59 Å². The zero-order chi connectivity index (χ0) is 32.2. The van der Waals surface area contributed by atoms with Crippen LogP contribution in [0.15, 0.2) is 115 Å². The Morgan fingerprint density at radius 3 is 1.00 bits per heavy atom. The smallest absolute Gasteiger partial charge is 0.172 e. The fourth-order valence-corrected chi connectivity index (χ4v) is 5.59. The number of aliphatic hydroxyl groups excluding tert-OH is 2. The van der Waals surface area contributed by atoms with Gasteiger partial charge in [-0.25, -0.2) is 0 Å². The normalized spacial score (nSPS) is 12.0. The molecule has 44 heavy (non-hydrogen) atoms. The predicted octanol–water partition coefficient (Wildman–Crippen LogP) is 10.4. The van der Waals surface area contributed by atoms with E-state index in [1.165, 1.54) is 0 Å². The molecule has 0 heterocycles. The summed E-state index contributed by atoms with van der Waals surface area (Å²) in [5, 5.41) is 17.7. The lowest BCUT2D eigenvalue weighted by atomic mass is 10.0. The van der Waals surface area contributed by atoms with Gasteiger partial charge in [0.2, 0.25) is 0 Å². The quantitative estimate of drug-likeness (QED) is 0.156. The van der Waals surface area contributed by atoms with Crippen LogP contribution in [-0.4, -0.2) is 35.0 Å². The molecule has 0 bridgehead atoms. The largest absolute Gasteiger partial charge is 0.396 e. The maximum atomic E-state index is 11.8. The van der Waals surface area contributed by atoms with Crippen molar-refractivity contribution in [2.75, 3.05) is 13.2 Å². The SMILES string of the molecule is C/C(=C(\Br)C(=O)CCO)c1ccc(-c2ccc(Br)cc2)cc1.C/C(=C(\Br)C(=O)CCO)c1ccc(-c2ccc(Br)cc2)cc1. The number of allylic oxidation sites excluding steroid dienone is 4. The van der Waals surface area contributed by atoms with Crippen molar-refractivity contribution in [1.29, 1.82) is 0 Å². The van der Waals surface area contributed by atoms with Crippen LogP contribution in [-0.2, 0) is 9.59 Å². The summed E-state index contributed by atoms with van der Waals surface area (Å²) in [6.07, 6.45) is 0.268. The molecule has 4 rings (SSSR count). The molecular formula is C36H32Br4O4. The number of ketones is 2. The van der Waals surface area contributed by atoms with E-state index in [1.807, 2.05) is 86.6 Å². The molecule has 0 aliphatic rings. The lowest BCUT2D eigenvalue weighted by Crippen LogP contribution is -2.02. The minimum Gasteiger partial charge on any atom is -0.396 e. The minimum absolute atomic E-state index is 0.0861. The third-order valence-corrected chi connectivity index (χ3v) is 9.95. The number of carbonyl (C=O) groups is 2. The van der Waals surface area contributed by atoms with E-state index < -0.39 is 0 Å². The molecule has 0 unspecified atom stereocenters. The van der Waals surface area contributed by atoms with Crippen LogP contribution in [0.4, 0.5) is 0 Å². The number of Topliss-reactive ketones (excluding diaryl/α,β-unsaturated/α-hetero) is 2. The van der Waals surface area contributed by atoms with E-state index in [1.54, 1.807) is 0 Å². The van der Waals surface area contributed by atoms with Crippen LogP contribution in [0.25, 0.3) is 33.4 Å². The summed E-state index contributed by atoms with van der Waals surface area (Å²) < 4.78 is 3.16. The second-order valence-corrected chi connectivity index (χ2v) is 13.3. The van der Waals surface area contributed by atoms with E-state index in [2.05, 4.69) is 88.0 Å². The van der Waals surface area contributed by atoms with Gasteiger partial charge in [-0.1, -0.05) is 105 Å². The van der Waals surface area contributed by atoms with Gasteiger partial charge in [0.25, 0.3) is 0 Å². The topological polar surface area (TPSA) is 74.6 Å². The third kappa shape index (κ3) is 10.3. The Balaban J connectivity index is 0.000000240. The van der Waals surface area contributed by atoms with Crippen LogP contribution in [0.3, 0.4) is 0 Å². The van der Waals surface area contributed by atoms with Crippen molar-refractivity contribution in [2.24, 2.45) is 0 Å². The summed E-state index contributed by atoms with van der Waals surface area (Å²) in [5.41, 5.74) is 8.27. The van der Waals surface area contributed by atoms with Crippen molar-refractivity contribution in [1.82, 2.24) is 0 Å². The molecule has 4 aromatic rings. The zero-order valence-electron chi connectivity index (χ0n) is 24.3. The monoisotopic (exact) mass is 844 g/mol. The van der Waals surface area contributed by atoms with Gasteiger partial charge in [0.05, 0.1) is 22.2 Å². The molecule has 0 spiro atoms. The lowest BCUT2D eigenvalue weighted by Gasteiger charge is -2.08. The van der Waals surface area contributed by atoms with Crippen molar-refractivity contribution in [2.45, 2.75) is 26.7 Å². The first kappa shape index (κ1) is 36.0. The first-order valence-corrected chi connectivity index (χ1v) is 17.0. The Hall–Kier alpha value is -2.46. The number of halogens is 4. The summed E-state index contributed by atoms with van der Waals surface area (Å²) >= 11 is 13.5. The highest BCUT2D eigenvalue weighted by Gasteiger charge is 2.12. The van der Waals surface area contributed by atoms with Gasteiger partial charge in [-0.3, -0.25) is 9.59 Å². The summed E-state index contributed by atoms with van der Waals surface area (Å²) in [5.74, 6) is -0.172. The zero-order valence-corrected chi connectivity index (χ0v) is 30.6. The summed E-state index contributed by atoms with van der Waals surface area (Å²) in [6, 6.07) is 32.4. The van der Waals surface area contributed by atoms with Gasteiger partial charge < -0.3 is 10.2 Å². The van der Waals surface area contributed by atoms with Crippen molar-refractivity contribution >= 4 is 86.4 Å². The van der Waals surface area contributed by atoms with Gasteiger partial charge in [-0.05, 0) is 114 Å². The van der Waals surface area contributed by atoms with Crippen molar-refractivity contribution in [3.63, 3.8) is 0 Å². The van der Waals surface area contributed by atoms with Crippen molar-refractivity contribution < 1.29 is 19.8 Å². The number of aliphatic hydroxyl groups is 2. The molecule has 8 heteroatoms. The van der Waals surface area contributed by atoms with Gasteiger partial charge in [-0.15, -0.1) is 0 Å². The number of hydrogen-bond donors (Lipinski definition) is 2. The van der Waals surface area contributed by atoms with Gasteiger partial charge >= 0.3 is 0 Å². The average molecular weight is 848 g/mol. The van der Waals surface area contributed by atoms with E-state index in [0.29, 0.717) is 8.96 Å². The molecule has 2 N–H and O–H groups in total. The highest BCUT2D eigenvalue weighted by molar-refractivity contribution is 9.12. The first-order valence-electron chi connectivity index (χ1n) is 13.8. The number of hydrogen-bond acceptors (Lipinski definition) is 4. The fourth-order valence-electron chi connectivity index (χ4n) is 4.20. The van der Waals surface area contributed by atoms with Crippen LogP contribution < -0.4 is 0 Å². The van der Waals surface area contributed by atoms with Gasteiger partial charge in [0, 0.05) is 21.8 Å². The van der Waals surface area contributed by atoms with Gasteiger partial charge in [0.1, 0.15) is 0 Å². The molecule has 0 amide bonds. The number of rotatable bonds is 10. The fraction of sp³-hybridized carbons (Fsp3) is 0.167. The van der Waals surface area contributed by atoms with Crippen molar-refractivity contribution in [3.8, 4) is 22.3 Å². The molecule has 0 aromatic heterocycles. The third-order valence-electron chi connectivity index (χ3n) is 6.82. The molecule has 0 saturated carbocycles. The molecule has 0 aliphatic carbocycles. The maximum Gasteiger partial charge on any atom is 0.172 e. The van der Waals surface area contributed by atoms with Gasteiger partial charge in [-0.2, -0.15) is 0 Å². The number of carbonyl (C=O) groups excluding carboxylic acids is 2. The molecule has 0 radical (unpaired) electrons. The predicted molar refractivity (Wildman–Crippen MR) is 196 cm³/mol. The average Bonchev–Trinajstić information content (AvgIpc) is 3.05. The highest BCUT2D eigenvalue weighted by atomic mass is 79.9. The van der Waals surface area contributed by atoms with Crippen LogP contribution in [0, 0.1) is 0 Å². The van der Waals surface area contributed by atoms with Crippen LogP contribution in [0.2, 0.25) is 0 Å². The molecule has 228 valence electrons. The second kappa shape index (κ2) is 17.9. The molecule has 0 fully saturated rings. The van der Waals surface area contributed by atoms with E-state index in [4.69, 9.17) is 10.2 Å². The van der Waals surface area contributed by atoms with Crippen LogP contribution >= 0.6 is 63.7 Å². The Morgan fingerprint density at radius 2 is 0.750 bits per heavy atom. The Kier molecular flexibility index (Phi) is 14.6. The summed E-state index contributed by atoms with van der Waals surface area (Å²) in [6.45, 7) is 3.52. The van der Waals surface area contributed by atoms with Crippen LogP contribution in [0.1, 0.15) is 37.8 Å². The summed E-state index contributed by atoms with van der Waals surface area (Å²) in [4.78, 5) is 23.6. The van der Waals surface area contributed by atoms with Crippen LogP contribution in [0.5, 0.6) is 0 Å². The Bertz CT molecular complexity index is 1500. The van der Waals surface area contributed by atoms with E-state index in [-0.39, 0.29) is 37.6 Å². The Morgan fingerprint density at radius 1 is 0.500 bits per heavy atom. The number of benzene rings is 4. The Labute approximate surface area is 292 Å². The van der Waals surface area contributed by atoms with E-state index in [0.717, 1.165) is 53.5 Å². The molecule has 0 saturated heterocycles. The molecule has 4 aromatic carbocycles. The molecule has 0 atom stereocenters. The highest BCUT2D eigenvalue weighted by Crippen LogP contribution is 2.29. The lowest BCUT2D eigenvalue weighted by molar-refractivity contribution is -0.116. The summed E-state index contributed by atoms with van der Waals surface area (Å²) in [7, 11) is 0. The molecule has 4 nitrogen and oxygen atoms in total.